The predicted octanol–water partition coefficient (Wildman–Crippen LogP) is 4.02. The molecule has 2 aromatic rings. The molecule has 0 fully saturated rings. The van der Waals surface area contributed by atoms with Crippen LogP contribution in [0.3, 0.4) is 0 Å². The third-order valence-corrected chi connectivity index (χ3v) is 3.82. The topological polar surface area (TPSA) is 38.3 Å². The van der Waals surface area contributed by atoms with Crippen LogP contribution in [0.15, 0.2) is 46.9 Å². The minimum Gasteiger partial charge on any atom is -0.497 e. The van der Waals surface area contributed by atoms with Crippen molar-refractivity contribution in [1.82, 2.24) is 0 Å². The molecular formula is C15H14BrNO2. The molecule has 3 nitrogen and oxygen atoms in total. The van der Waals surface area contributed by atoms with E-state index in [4.69, 9.17) is 4.74 Å². The summed E-state index contributed by atoms with van der Waals surface area (Å²) in [4.78, 5) is 12.2. The highest BCUT2D eigenvalue weighted by atomic mass is 79.9. The SMILES string of the molecule is COc1cccc(C(=O)Nc2cccc(C)c2Br)c1. The molecule has 0 aromatic heterocycles. The number of carbonyl (C=O) groups excluding carboxylic acids is 1. The van der Waals surface area contributed by atoms with Crippen LogP contribution in [0.1, 0.15) is 15.9 Å². The van der Waals surface area contributed by atoms with Crippen LogP contribution in [-0.2, 0) is 0 Å². The first kappa shape index (κ1) is 13.6. The van der Waals surface area contributed by atoms with Crippen LogP contribution in [0, 0.1) is 6.92 Å². The van der Waals surface area contributed by atoms with Gasteiger partial charge in [-0.2, -0.15) is 0 Å². The van der Waals surface area contributed by atoms with E-state index >= 15 is 0 Å². The van der Waals surface area contributed by atoms with Gasteiger partial charge >= 0.3 is 0 Å². The molecule has 0 heterocycles. The molecule has 0 bridgehead atoms. The third-order valence-electron chi connectivity index (χ3n) is 2.77. The monoisotopic (exact) mass is 319 g/mol. The Morgan fingerprint density at radius 2 is 1.95 bits per heavy atom. The summed E-state index contributed by atoms with van der Waals surface area (Å²) in [7, 11) is 1.58. The van der Waals surface area contributed by atoms with E-state index < -0.39 is 0 Å². The quantitative estimate of drug-likeness (QED) is 0.928. The summed E-state index contributed by atoms with van der Waals surface area (Å²) in [5.74, 6) is 0.501. The van der Waals surface area contributed by atoms with Gasteiger partial charge in [-0.15, -0.1) is 0 Å². The van der Waals surface area contributed by atoms with Crippen molar-refractivity contribution in [1.29, 1.82) is 0 Å². The van der Waals surface area contributed by atoms with Gasteiger partial charge in [-0.1, -0.05) is 18.2 Å². The van der Waals surface area contributed by atoms with Crippen molar-refractivity contribution < 1.29 is 9.53 Å². The van der Waals surface area contributed by atoms with E-state index in [1.165, 1.54) is 0 Å². The lowest BCUT2D eigenvalue weighted by Crippen LogP contribution is -2.12. The van der Waals surface area contributed by atoms with Crippen LogP contribution in [-0.4, -0.2) is 13.0 Å². The Morgan fingerprint density at radius 3 is 2.68 bits per heavy atom. The Hall–Kier alpha value is -1.81. The van der Waals surface area contributed by atoms with Gasteiger partial charge in [-0.05, 0) is 52.7 Å². The summed E-state index contributed by atoms with van der Waals surface area (Å²) in [6, 6.07) is 12.8. The molecule has 19 heavy (non-hydrogen) atoms. The first-order valence-electron chi connectivity index (χ1n) is 5.82. The molecule has 1 N–H and O–H groups in total. The maximum atomic E-state index is 12.2. The smallest absolute Gasteiger partial charge is 0.255 e. The summed E-state index contributed by atoms with van der Waals surface area (Å²) < 4.78 is 6.00. The number of benzene rings is 2. The summed E-state index contributed by atoms with van der Waals surface area (Å²) in [6.45, 7) is 1.98. The number of methoxy groups -OCH3 is 1. The third kappa shape index (κ3) is 3.15. The second-order valence-electron chi connectivity index (χ2n) is 4.12. The fourth-order valence-corrected chi connectivity index (χ4v) is 2.07. The number of rotatable bonds is 3. The molecule has 2 rings (SSSR count). The highest BCUT2D eigenvalue weighted by Gasteiger charge is 2.09. The van der Waals surface area contributed by atoms with Gasteiger partial charge in [0.2, 0.25) is 0 Å². The fraction of sp³-hybridized carbons (Fsp3) is 0.133. The summed E-state index contributed by atoms with van der Waals surface area (Å²) in [5, 5.41) is 2.88. The molecule has 0 radical (unpaired) electrons. The van der Waals surface area contributed by atoms with Crippen LogP contribution >= 0.6 is 15.9 Å². The van der Waals surface area contributed by atoms with Crippen molar-refractivity contribution >= 4 is 27.5 Å². The maximum absolute atomic E-state index is 12.2. The molecule has 0 saturated carbocycles. The zero-order valence-electron chi connectivity index (χ0n) is 10.7. The van der Waals surface area contributed by atoms with Crippen LogP contribution in [0.2, 0.25) is 0 Å². The highest BCUT2D eigenvalue weighted by Crippen LogP contribution is 2.26. The highest BCUT2D eigenvalue weighted by molar-refractivity contribution is 9.10. The first-order valence-corrected chi connectivity index (χ1v) is 6.61. The molecule has 98 valence electrons. The Bertz CT molecular complexity index is 611. The lowest BCUT2D eigenvalue weighted by molar-refractivity contribution is 0.102. The van der Waals surface area contributed by atoms with Gasteiger partial charge in [0.05, 0.1) is 12.8 Å². The summed E-state index contributed by atoms with van der Waals surface area (Å²) >= 11 is 3.47. The van der Waals surface area contributed by atoms with E-state index in [-0.39, 0.29) is 5.91 Å². The molecule has 2 aromatic carbocycles. The predicted molar refractivity (Wildman–Crippen MR) is 79.8 cm³/mol. The molecular weight excluding hydrogens is 306 g/mol. The van der Waals surface area contributed by atoms with Crippen LogP contribution in [0.4, 0.5) is 5.69 Å². The van der Waals surface area contributed by atoms with Gasteiger partial charge in [-0.3, -0.25) is 4.79 Å². The number of ether oxygens (including phenoxy) is 1. The number of amides is 1. The largest absolute Gasteiger partial charge is 0.497 e. The summed E-state index contributed by atoms with van der Waals surface area (Å²) in [6.07, 6.45) is 0. The van der Waals surface area contributed by atoms with Crippen molar-refractivity contribution in [2.75, 3.05) is 12.4 Å². The molecule has 0 aliphatic carbocycles. The van der Waals surface area contributed by atoms with E-state index in [2.05, 4.69) is 21.2 Å². The Kier molecular flexibility index (Phi) is 4.22. The minimum atomic E-state index is -0.162. The van der Waals surface area contributed by atoms with E-state index in [0.29, 0.717) is 11.3 Å². The molecule has 0 saturated heterocycles. The number of anilines is 1. The van der Waals surface area contributed by atoms with Crippen molar-refractivity contribution in [2.45, 2.75) is 6.92 Å². The molecule has 0 atom stereocenters. The number of nitrogens with one attached hydrogen (secondary N) is 1. The minimum absolute atomic E-state index is 0.162. The van der Waals surface area contributed by atoms with Gasteiger partial charge in [0.25, 0.3) is 5.91 Å². The molecule has 0 spiro atoms. The number of aryl methyl sites for hydroxylation is 1. The van der Waals surface area contributed by atoms with Gasteiger partial charge in [0.1, 0.15) is 5.75 Å². The lowest BCUT2D eigenvalue weighted by Gasteiger charge is -2.09. The van der Waals surface area contributed by atoms with Crippen molar-refractivity contribution in [2.24, 2.45) is 0 Å². The van der Waals surface area contributed by atoms with Gasteiger partial charge < -0.3 is 10.1 Å². The van der Waals surface area contributed by atoms with Crippen LogP contribution < -0.4 is 10.1 Å². The second kappa shape index (κ2) is 5.89. The number of halogens is 1. The molecule has 4 heteroatoms. The Labute approximate surface area is 120 Å². The first-order chi connectivity index (χ1) is 9.11. The van der Waals surface area contributed by atoms with Gasteiger partial charge in [0.15, 0.2) is 0 Å². The van der Waals surface area contributed by atoms with Crippen molar-refractivity contribution in [3.63, 3.8) is 0 Å². The Balaban J connectivity index is 2.23. The van der Waals surface area contributed by atoms with Crippen molar-refractivity contribution in [3.8, 4) is 5.75 Å². The lowest BCUT2D eigenvalue weighted by atomic mass is 10.2. The second-order valence-corrected chi connectivity index (χ2v) is 4.92. The standard InChI is InChI=1S/C15H14BrNO2/c1-10-5-3-8-13(14(10)16)17-15(18)11-6-4-7-12(9-11)19-2/h3-9H,1-2H3,(H,17,18). The number of carbonyl (C=O) groups is 1. The summed E-state index contributed by atoms with van der Waals surface area (Å²) in [5.41, 5.74) is 2.39. The average molecular weight is 320 g/mol. The number of hydrogen-bond donors (Lipinski definition) is 1. The van der Waals surface area contributed by atoms with Gasteiger partial charge in [0, 0.05) is 10.0 Å². The van der Waals surface area contributed by atoms with Crippen LogP contribution in [0.5, 0.6) is 5.75 Å². The molecule has 0 unspecified atom stereocenters. The fourth-order valence-electron chi connectivity index (χ4n) is 1.70. The van der Waals surface area contributed by atoms with E-state index in [9.17, 15) is 4.79 Å². The van der Waals surface area contributed by atoms with E-state index in [0.717, 1.165) is 15.7 Å². The molecule has 0 aliphatic rings. The van der Waals surface area contributed by atoms with Gasteiger partial charge in [-0.25, -0.2) is 0 Å². The zero-order valence-corrected chi connectivity index (χ0v) is 12.3. The molecule has 0 aliphatic heterocycles. The average Bonchev–Trinajstić information content (AvgIpc) is 2.44. The van der Waals surface area contributed by atoms with E-state index in [1.807, 2.05) is 25.1 Å². The molecule has 1 amide bonds. The zero-order chi connectivity index (χ0) is 13.8. The van der Waals surface area contributed by atoms with Crippen LogP contribution in [0.25, 0.3) is 0 Å². The van der Waals surface area contributed by atoms with E-state index in [1.54, 1.807) is 31.4 Å². The maximum Gasteiger partial charge on any atom is 0.255 e. The Morgan fingerprint density at radius 1 is 1.21 bits per heavy atom. The number of hydrogen-bond acceptors (Lipinski definition) is 2. The normalized spacial score (nSPS) is 10.1. The van der Waals surface area contributed by atoms with Crippen molar-refractivity contribution in [3.05, 3.63) is 58.1 Å².